The highest BCUT2D eigenvalue weighted by Crippen LogP contribution is 2.28. The number of aromatic nitrogens is 1. The van der Waals surface area contributed by atoms with E-state index < -0.39 is 29.7 Å². The van der Waals surface area contributed by atoms with E-state index in [1.165, 1.54) is 11.8 Å². The minimum Gasteiger partial charge on any atom is -0.462 e. The number of amides is 3. The molecule has 0 fully saturated rings. The average Bonchev–Trinajstić information content (AvgIpc) is 3.21. The van der Waals surface area contributed by atoms with Gasteiger partial charge in [-0.15, -0.1) is 0 Å². The van der Waals surface area contributed by atoms with Gasteiger partial charge in [0.2, 0.25) is 5.91 Å². The number of anilines is 1. The van der Waals surface area contributed by atoms with Gasteiger partial charge >= 0.3 is 5.97 Å². The summed E-state index contributed by atoms with van der Waals surface area (Å²) in [4.78, 5) is 56.2. The van der Waals surface area contributed by atoms with E-state index in [-0.39, 0.29) is 11.7 Å². The maximum absolute atomic E-state index is 13.0. The first-order chi connectivity index (χ1) is 14.4. The van der Waals surface area contributed by atoms with Gasteiger partial charge in [0.05, 0.1) is 23.4 Å². The number of nitrogens with zero attached hydrogens (tertiary/aromatic N) is 2. The summed E-state index contributed by atoms with van der Waals surface area (Å²) in [5, 5.41) is 2.87. The minimum atomic E-state index is -0.986. The Bertz CT molecular complexity index is 969. The third-order valence-electron chi connectivity index (χ3n) is 4.52. The highest BCUT2D eigenvalue weighted by Gasteiger charge is 2.42. The molecule has 1 atom stereocenters. The number of esters is 1. The van der Waals surface area contributed by atoms with Crippen LogP contribution in [0.2, 0.25) is 0 Å². The van der Waals surface area contributed by atoms with E-state index >= 15 is 0 Å². The van der Waals surface area contributed by atoms with E-state index in [1.54, 1.807) is 38.1 Å². The lowest BCUT2D eigenvalue weighted by molar-refractivity contribution is -0.120. The Morgan fingerprint density at radius 1 is 1.23 bits per heavy atom. The lowest BCUT2D eigenvalue weighted by Crippen LogP contribution is -2.47. The van der Waals surface area contributed by atoms with Gasteiger partial charge in [0, 0.05) is 0 Å². The molecule has 3 amide bonds. The second-order valence-corrected chi connectivity index (χ2v) is 8.45. The van der Waals surface area contributed by atoms with Gasteiger partial charge in [-0.1, -0.05) is 23.5 Å². The first-order valence-electron chi connectivity index (χ1n) is 9.30. The molecule has 0 radical (unpaired) electrons. The molecule has 0 spiro atoms. The van der Waals surface area contributed by atoms with Gasteiger partial charge < -0.3 is 10.1 Å². The van der Waals surface area contributed by atoms with Crippen LogP contribution in [0.5, 0.6) is 0 Å². The number of ether oxygens (including phenoxy) is 1. The Kier molecular flexibility index (Phi) is 6.88. The van der Waals surface area contributed by atoms with Crippen LogP contribution < -0.4 is 5.32 Å². The van der Waals surface area contributed by atoms with Crippen LogP contribution in [0.15, 0.2) is 24.3 Å². The van der Waals surface area contributed by atoms with Crippen molar-refractivity contribution in [2.75, 3.05) is 23.9 Å². The normalized spacial score (nSPS) is 13.9. The van der Waals surface area contributed by atoms with Gasteiger partial charge in [0.25, 0.3) is 11.8 Å². The molecule has 1 aliphatic heterocycles. The van der Waals surface area contributed by atoms with Crippen molar-refractivity contribution in [2.24, 2.45) is 0 Å². The maximum Gasteiger partial charge on any atom is 0.350 e. The van der Waals surface area contributed by atoms with Gasteiger partial charge in [0.15, 0.2) is 5.13 Å². The highest BCUT2D eigenvalue weighted by atomic mass is 32.2. The Labute approximate surface area is 182 Å². The lowest BCUT2D eigenvalue weighted by Gasteiger charge is -2.24. The predicted octanol–water partition coefficient (Wildman–Crippen LogP) is 2.98. The second kappa shape index (κ2) is 9.40. The molecule has 0 unspecified atom stereocenters. The topological polar surface area (TPSA) is 106 Å². The van der Waals surface area contributed by atoms with E-state index in [2.05, 4.69) is 10.3 Å². The number of thioether (sulfide) groups is 1. The SMILES string of the molecule is CCOC(=O)c1sc(NC(=O)[C@@H](CCSC)N2C(=O)c3ccccc3C2=O)nc1C. The van der Waals surface area contributed by atoms with Crippen molar-refractivity contribution >= 4 is 51.9 Å². The van der Waals surface area contributed by atoms with Crippen LogP contribution in [0.3, 0.4) is 0 Å². The van der Waals surface area contributed by atoms with Gasteiger partial charge in [-0.3, -0.25) is 19.3 Å². The Morgan fingerprint density at radius 3 is 2.43 bits per heavy atom. The van der Waals surface area contributed by atoms with Gasteiger partial charge in [-0.2, -0.15) is 11.8 Å². The first-order valence-corrected chi connectivity index (χ1v) is 11.5. The molecule has 2 aromatic rings. The zero-order valence-corrected chi connectivity index (χ0v) is 18.4. The number of carbonyl (C=O) groups excluding carboxylic acids is 4. The highest BCUT2D eigenvalue weighted by molar-refractivity contribution is 7.98. The average molecular weight is 448 g/mol. The second-order valence-electron chi connectivity index (χ2n) is 6.47. The number of fused-ring (bicyclic) bond motifs is 1. The molecular weight excluding hydrogens is 426 g/mol. The monoisotopic (exact) mass is 447 g/mol. The van der Waals surface area contributed by atoms with Crippen molar-refractivity contribution in [3.05, 3.63) is 46.0 Å². The molecule has 0 bridgehead atoms. The van der Waals surface area contributed by atoms with Crippen LogP contribution in [0.4, 0.5) is 5.13 Å². The molecule has 30 heavy (non-hydrogen) atoms. The van der Waals surface area contributed by atoms with Gasteiger partial charge in [0.1, 0.15) is 10.9 Å². The van der Waals surface area contributed by atoms with Gasteiger partial charge in [-0.05, 0) is 44.4 Å². The predicted molar refractivity (Wildman–Crippen MR) is 115 cm³/mol. The molecule has 2 heterocycles. The zero-order chi connectivity index (χ0) is 21.8. The van der Waals surface area contributed by atoms with Crippen LogP contribution in [0, 0.1) is 6.92 Å². The molecular formula is C20H21N3O5S2. The summed E-state index contributed by atoms with van der Waals surface area (Å²) in [5.74, 6) is -1.43. The molecule has 158 valence electrons. The molecule has 1 aromatic carbocycles. The largest absolute Gasteiger partial charge is 0.462 e. The lowest BCUT2D eigenvalue weighted by atomic mass is 10.1. The van der Waals surface area contributed by atoms with E-state index in [1.807, 2.05) is 6.26 Å². The van der Waals surface area contributed by atoms with Crippen molar-refractivity contribution in [1.82, 2.24) is 9.88 Å². The summed E-state index contributed by atoms with van der Waals surface area (Å²) in [7, 11) is 0. The van der Waals surface area contributed by atoms with Crippen LogP contribution in [-0.2, 0) is 9.53 Å². The summed E-state index contributed by atoms with van der Waals surface area (Å²) in [6.07, 6.45) is 2.18. The molecule has 10 heteroatoms. The number of nitrogens with one attached hydrogen (secondary N) is 1. The molecule has 1 N–H and O–H groups in total. The number of hydrogen-bond acceptors (Lipinski definition) is 8. The smallest absolute Gasteiger partial charge is 0.350 e. The number of benzene rings is 1. The minimum absolute atomic E-state index is 0.214. The van der Waals surface area contributed by atoms with Crippen LogP contribution in [0.1, 0.15) is 49.4 Å². The molecule has 1 aromatic heterocycles. The van der Waals surface area contributed by atoms with E-state index in [9.17, 15) is 19.2 Å². The van der Waals surface area contributed by atoms with Crippen LogP contribution in [0.25, 0.3) is 0 Å². The summed E-state index contributed by atoms with van der Waals surface area (Å²) in [6.45, 7) is 3.58. The van der Waals surface area contributed by atoms with Crippen molar-refractivity contribution < 1.29 is 23.9 Å². The molecule has 1 aliphatic rings. The molecule has 3 rings (SSSR count). The summed E-state index contributed by atoms with van der Waals surface area (Å²) in [5.41, 5.74) is 1.02. The number of carbonyl (C=O) groups is 4. The fourth-order valence-electron chi connectivity index (χ4n) is 3.12. The van der Waals surface area contributed by atoms with Crippen molar-refractivity contribution in [1.29, 1.82) is 0 Å². The molecule has 0 aliphatic carbocycles. The number of thiazole rings is 1. The zero-order valence-electron chi connectivity index (χ0n) is 16.8. The number of imide groups is 1. The third kappa shape index (κ3) is 4.24. The van der Waals surface area contributed by atoms with Crippen LogP contribution in [-0.4, -0.2) is 58.2 Å². The molecule has 8 nitrogen and oxygen atoms in total. The van der Waals surface area contributed by atoms with Crippen LogP contribution >= 0.6 is 23.1 Å². The van der Waals surface area contributed by atoms with E-state index in [0.717, 1.165) is 16.2 Å². The van der Waals surface area contributed by atoms with Crippen molar-refractivity contribution in [3.63, 3.8) is 0 Å². The molecule has 0 saturated heterocycles. The number of rotatable bonds is 8. The summed E-state index contributed by atoms with van der Waals surface area (Å²) >= 11 is 2.51. The number of hydrogen-bond donors (Lipinski definition) is 1. The van der Waals surface area contributed by atoms with E-state index in [4.69, 9.17) is 4.74 Å². The van der Waals surface area contributed by atoms with Gasteiger partial charge in [-0.25, -0.2) is 9.78 Å². The first kappa shape index (κ1) is 22.0. The number of aryl methyl sites for hydroxylation is 1. The quantitative estimate of drug-likeness (QED) is 0.490. The van der Waals surface area contributed by atoms with Crippen molar-refractivity contribution in [2.45, 2.75) is 26.3 Å². The van der Waals surface area contributed by atoms with E-state index in [0.29, 0.717) is 33.9 Å². The standard InChI is InChI=1S/C20H21N3O5S2/c1-4-28-19(27)15-11(2)21-20(30-15)22-16(24)14(9-10-29-3)23-17(25)12-7-5-6-8-13(12)18(23)26/h5-8,14H,4,9-10H2,1-3H3,(H,21,22,24)/t14-/m1/s1. The fraction of sp³-hybridized carbons (Fsp3) is 0.350. The molecule has 0 saturated carbocycles. The Balaban J connectivity index is 1.84. The summed E-state index contributed by atoms with van der Waals surface area (Å²) in [6, 6.07) is 5.53. The maximum atomic E-state index is 13.0. The summed E-state index contributed by atoms with van der Waals surface area (Å²) < 4.78 is 4.99. The van der Waals surface area contributed by atoms with Crippen molar-refractivity contribution in [3.8, 4) is 0 Å². The fourth-order valence-corrected chi connectivity index (χ4v) is 4.44. The Morgan fingerprint density at radius 2 is 1.87 bits per heavy atom. The Hall–Kier alpha value is -2.72. The third-order valence-corrected chi connectivity index (χ3v) is 6.22.